The van der Waals surface area contributed by atoms with E-state index in [4.69, 9.17) is 16.3 Å². The molecule has 1 aromatic carbocycles. The van der Waals surface area contributed by atoms with Gasteiger partial charge in [-0.05, 0) is 50.9 Å². The van der Waals surface area contributed by atoms with Gasteiger partial charge >= 0.3 is 0 Å². The van der Waals surface area contributed by atoms with Crippen LogP contribution in [0.1, 0.15) is 41.7 Å². The molecule has 4 heterocycles. The van der Waals surface area contributed by atoms with Crippen molar-refractivity contribution in [1.82, 2.24) is 15.5 Å². The molecule has 3 saturated heterocycles. The molecular weight excluding hydrogens is 326 g/mol. The van der Waals surface area contributed by atoms with Crippen LogP contribution < -0.4 is 15.4 Å². The fraction of sp³-hybridized carbons (Fsp3) is 0.611. The van der Waals surface area contributed by atoms with E-state index in [0.717, 1.165) is 31.7 Å². The van der Waals surface area contributed by atoms with Gasteiger partial charge in [-0.3, -0.25) is 4.79 Å². The zero-order chi connectivity index (χ0) is 16.7. The highest BCUT2D eigenvalue weighted by molar-refractivity contribution is 6.31. The number of fused-ring (bicyclic) bond motifs is 4. The molecule has 0 radical (unpaired) electrons. The van der Waals surface area contributed by atoms with Crippen molar-refractivity contribution in [2.24, 2.45) is 5.92 Å². The number of benzene rings is 1. The van der Waals surface area contributed by atoms with Crippen molar-refractivity contribution in [1.29, 1.82) is 0 Å². The van der Waals surface area contributed by atoms with Gasteiger partial charge in [0, 0.05) is 35.8 Å². The lowest BCUT2D eigenvalue weighted by molar-refractivity contribution is 0.0618. The van der Waals surface area contributed by atoms with Crippen LogP contribution in [0.25, 0.3) is 0 Å². The Kier molecular flexibility index (Phi) is 4.41. The number of nitrogens with one attached hydrogen (secondary N) is 2. The molecule has 3 fully saturated rings. The summed E-state index contributed by atoms with van der Waals surface area (Å²) in [6.07, 6.45) is 2.35. The molecule has 4 aliphatic heterocycles. The van der Waals surface area contributed by atoms with Crippen LogP contribution in [0.2, 0.25) is 5.02 Å². The topological polar surface area (TPSA) is 53.6 Å². The maximum Gasteiger partial charge on any atom is 0.255 e. The molecule has 0 aromatic heterocycles. The number of hydrogen-bond donors (Lipinski definition) is 2. The molecule has 5 nitrogen and oxygen atoms in total. The van der Waals surface area contributed by atoms with Crippen molar-refractivity contribution in [2.45, 2.75) is 31.8 Å². The first-order chi connectivity index (χ1) is 11.6. The summed E-state index contributed by atoms with van der Waals surface area (Å²) < 4.78 is 5.88. The molecular formula is C18H24ClN3O2. The molecule has 2 atom stereocenters. The third-order valence-corrected chi connectivity index (χ3v) is 5.78. The Morgan fingerprint density at radius 3 is 2.88 bits per heavy atom. The summed E-state index contributed by atoms with van der Waals surface area (Å²) in [4.78, 5) is 15.4. The van der Waals surface area contributed by atoms with Crippen LogP contribution in [0.15, 0.2) is 12.1 Å². The second-order valence-corrected chi connectivity index (χ2v) is 7.55. The minimum atomic E-state index is -0.0680. The van der Waals surface area contributed by atoms with Crippen LogP contribution in [-0.2, 0) is 0 Å². The monoisotopic (exact) mass is 349 g/mol. The van der Waals surface area contributed by atoms with Gasteiger partial charge < -0.3 is 20.3 Å². The number of hydrogen-bond acceptors (Lipinski definition) is 4. The van der Waals surface area contributed by atoms with Gasteiger partial charge in [-0.2, -0.15) is 0 Å². The van der Waals surface area contributed by atoms with Gasteiger partial charge in [0.1, 0.15) is 12.4 Å². The number of piperidine rings is 3. The SMILES string of the molecule is CC1NCCOc2c(C(=O)NC3CN4CCC3CC4)cc(Cl)cc21. The molecule has 0 saturated carbocycles. The molecule has 2 N–H and O–H groups in total. The highest BCUT2D eigenvalue weighted by atomic mass is 35.5. The van der Waals surface area contributed by atoms with E-state index in [1.165, 1.54) is 12.8 Å². The summed E-state index contributed by atoms with van der Waals surface area (Å²) in [5.41, 5.74) is 1.52. The Morgan fingerprint density at radius 1 is 1.38 bits per heavy atom. The van der Waals surface area contributed by atoms with E-state index < -0.39 is 0 Å². The molecule has 5 rings (SSSR count). The Labute approximate surface area is 147 Å². The highest BCUT2D eigenvalue weighted by Crippen LogP contribution is 2.35. The maximum atomic E-state index is 12.9. The lowest BCUT2D eigenvalue weighted by Crippen LogP contribution is -2.57. The quantitative estimate of drug-likeness (QED) is 0.859. The summed E-state index contributed by atoms with van der Waals surface area (Å²) in [6.45, 7) is 6.66. The van der Waals surface area contributed by atoms with Crippen molar-refractivity contribution < 1.29 is 9.53 Å². The van der Waals surface area contributed by atoms with Crippen molar-refractivity contribution >= 4 is 17.5 Å². The number of halogens is 1. The number of nitrogens with zero attached hydrogens (tertiary/aromatic N) is 1. The molecule has 6 heteroatoms. The van der Waals surface area contributed by atoms with Gasteiger partial charge in [0.15, 0.2) is 0 Å². The molecule has 0 spiro atoms. The molecule has 4 aliphatic rings. The zero-order valence-electron chi connectivity index (χ0n) is 14.0. The van der Waals surface area contributed by atoms with E-state index in [9.17, 15) is 4.79 Å². The first-order valence-electron chi connectivity index (χ1n) is 8.84. The van der Waals surface area contributed by atoms with Gasteiger partial charge in [-0.15, -0.1) is 0 Å². The van der Waals surface area contributed by atoms with E-state index >= 15 is 0 Å². The van der Waals surface area contributed by atoms with Crippen LogP contribution in [0, 0.1) is 5.92 Å². The number of ether oxygens (including phenoxy) is 1. The largest absolute Gasteiger partial charge is 0.491 e. The Morgan fingerprint density at radius 2 is 2.17 bits per heavy atom. The van der Waals surface area contributed by atoms with E-state index in [0.29, 0.717) is 28.9 Å². The van der Waals surface area contributed by atoms with E-state index in [-0.39, 0.29) is 18.0 Å². The fourth-order valence-corrected chi connectivity index (χ4v) is 4.41. The zero-order valence-corrected chi connectivity index (χ0v) is 14.7. The van der Waals surface area contributed by atoms with Gasteiger partial charge in [0.05, 0.1) is 5.56 Å². The molecule has 0 aliphatic carbocycles. The second kappa shape index (κ2) is 6.54. The number of carbonyl (C=O) groups is 1. The minimum absolute atomic E-state index is 0.0680. The third-order valence-electron chi connectivity index (χ3n) is 5.57. The summed E-state index contributed by atoms with van der Waals surface area (Å²) in [7, 11) is 0. The van der Waals surface area contributed by atoms with Gasteiger partial charge in [0.2, 0.25) is 0 Å². The number of carbonyl (C=O) groups excluding carboxylic acids is 1. The van der Waals surface area contributed by atoms with E-state index in [1.54, 1.807) is 6.07 Å². The predicted molar refractivity (Wildman–Crippen MR) is 93.8 cm³/mol. The summed E-state index contributed by atoms with van der Waals surface area (Å²) in [6, 6.07) is 3.97. The molecule has 2 unspecified atom stereocenters. The average molecular weight is 350 g/mol. The summed E-state index contributed by atoms with van der Waals surface area (Å²) >= 11 is 6.28. The van der Waals surface area contributed by atoms with Crippen LogP contribution in [0.4, 0.5) is 0 Å². The third kappa shape index (κ3) is 3.01. The van der Waals surface area contributed by atoms with E-state index in [1.807, 2.05) is 6.07 Å². The van der Waals surface area contributed by atoms with Crippen molar-refractivity contribution in [2.75, 3.05) is 32.8 Å². The van der Waals surface area contributed by atoms with E-state index in [2.05, 4.69) is 22.5 Å². The summed E-state index contributed by atoms with van der Waals surface area (Å²) in [5, 5.41) is 7.19. The van der Waals surface area contributed by atoms with Crippen LogP contribution in [0.3, 0.4) is 0 Å². The normalized spacial score (nSPS) is 31.8. The molecule has 2 bridgehead atoms. The fourth-order valence-electron chi connectivity index (χ4n) is 4.18. The maximum absolute atomic E-state index is 12.9. The Hall–Kier alpha value is -1.30. The van der Waals surface area contributed by atoms with Crippen molar-refractivity contribution in [3.63, 3.8) is 0 Å². The number of amides is 1. The Balaban J connectivity index is 1.60. The first-order valence-corrected chi connectivity index (χ1v) is 9.22. The van der Waals surface area contributed by atoms with Crippen LogP contribution in [-0.4, -0.2) is 49.6 Å². The van der Waals surface area contributed by atoms with Crippen LogP contribution >= 0.6 is 11.6 Å². The Bertz CT molecular complexity index is 643. The summed E-state index contributed by atoms with van der Waals surface area (Å²) in [5.74, 6) is 1.20. The van der Waals surface area contributed by atoms with Crippen molar-refractivity contribution in [3.05, 3.63) is 28.3 Å². The lowest BCUT2D eigenvalue weighted by Gasteiger charge is -2.45. The molecule has 1 amide bonds. The predicted octanol–water partition coefficient (Wildman–Crippen LogP) is 2.21. The first kappa shape index (κ1) is 16.2. The molecule has 1 aromatic rings. The highest BCUT2D eigenvalue weighted by Gasteiger charge is 2.35. The molecule has 130 valence electrons. The van der Waals surface area contributed by atoms with Gasteiger partial charge in [-0.1, -0.05) is 11.6 Å². The van der Waals surface area contributed by atoms with Crippen molar-refractivity contribution in [3.8, 4) is 5.75 Å². The van der Waals surface area contributed by atoms with Crippen LogP contribution in [0.5, 0.6) is 5.75 Å². The lowest BCUT2D eigenvalue weighted by atomic mass is 9.84. The smallest absolute Gasteiger partial charge is 0.255 e. The van der Waals surface area contributed by atoms with Gasteiger partial charge in [0.25, 0.3) is 5.91 Å². The standard InChI is InChI=1S/C18H24ClN3O2/c1-11-14-8-13(19)9-15(17(14)24-7-4-20-11)18(23)21-16-10-22-5-2-12(16)3-6-22/h8-9,11-12,16,20H,2-7,10H2,1H3,(H,21,23). The number of rotatable bonds is 2. The van der Waals surface area contributed by atoms with Gasteiger partial charge in [-0.25, -0.2) is 0 Å². The second-order valence-electron chi connectivity index (χ2n) is 7.11. The molecule has 24 heavy (non-hydrogen) atoms. The average Bonchev–Trinajstić information content (AvgIpc) is 2.77. The minimum Gasteiger partial charge on any atom is -0.491 e.